The molecular formula is C15H12F3N3O3S. The molecule has 0 heterocycles. The van der Waals surface area contributed by atoms with Gasteiger partial charge in [0.2, 0.25) is 5.91 Å². The fourth-order valence-electron chi connectivity index (χ4n) is 1.95. The van der Waals surface area contributed by atoms with E-state index >= 15 is 0 Å². The highest BCUT2D eigenvalue weighted by molar-refractivity contribution is 8.00. The fourth-order valence-corrected chi connectivity index (χ4v) is 2.70. The van der Waals surface area contributed by atoms with Crippen molar-refractivity contribution in [2.24, 2.45) is 5.73 Å². The maximum atomic E-state index is 12.7. The number of nitrogens with one attached hydrogen (secondary N) is 1. The Morgan fingerprint density at radius 2 is 1.88 bits per heavy atom. The number of alkyl halides is 3. The Morgan fingerprint density at radius 3 is 2.48 bits per heavy atom. The molecule has 0 aliphatic heterocycles. The molecule has 0 fully saturated rings. The predicted molar refractivity (Wildman–Crippen MR) is 87.7 cm³/mol. The molecule has 3 N–H and O–H groups in total. The van der Waals surface area contributed by atoms with E-state index in [9.17, 15) is 28.1 Å². The van der Waals surface area contributed by atoms with Gasteiger partial charge < -0.3 is 11.1 Å². The lowest BCUT2D eigenvalue weighted by Crippen LogP contribution is -2.13. The number of nitro groups is 1. The first kappa shape index (κ1) is 18.6. The van der Waals surface area contributed by atoms with E-state index in [0.717, 1.165) is 23.9 Å². The number of hydrogen-bond acceptors (Lipinski definition) is 5. The van der Waals surface area contributed by atoms with Gasteiger partial charge in [-0.25, -0.2) is 0 Å². The minimum absolute atomic E-state index is 0.00615. The van der Waals surface area contributed by atoms with Gasteiger partial charge in [0.15, 0.2) is 0 Å². The van der Waals surface area contributed by atoms with Crippen molar-refractivity contribution in [2.75, 3.05) is 11.1 Å². The van der Waals surface area contributed by atoms with Crippen LogP contribution in [0, 0.1) is 10.1 Å². The summed E-state index contributed by atoms with van der Waals surface area (Å²) in [6.07, 6.45) is -4.68. The van der Waals surface area contributed by atoms with E-state index in [1.165, 1.54) is 0 Å². The number of rotatable bonds is 6. The van der Waals surface area contributed by atoms with Crippen LogP contribution in [0.5, 0.6) is 0 Å². The van der Waals surface area contributed by atoms with E-state index in [1.807, 2.05) is 0 Å². The second kappa shape index (κ2) is 7.43. The SMILES string of the molecule is NC(=O)CSc1ccccc1Nc1ccc(C(F)(F)F)cc1[N+](=O)[O-]. The summed E-state index contributed by atoms with van der Waals surface area (Å²) in [5.41, 5.74) is 3.59. The van der Waals surface area contributed by atoms with Gasteiger partial charge in [-0.1, -0.05) is 12.1 Å². The average Bonchev–Trinajstić information content (AvgIpc) is 2.53. The molecule has 0 saturated heterocycles. The van der Waals surface area contributed by atoms with Gasteiger partial charge >= 0.3 is 6.18 Å². The number of anilines is 2. The Kier molecular flexibility index (Phi) is 5.52. The molecule has 0 radical (unpaired) electrons. The molecule has 0 saturated carbocycles. The van der Waals surface area contributed by atoms with E-state index in [-0.39, 0.29) is 11.4 Å². The molecule has 10 heteroatoms. The fraction of sp³-hybridized carbons (Fsp3) is 0.133. The van der Waals surface area contributed by atoms with E-state index in [0.29, 0.717) is 16.6 Å². The molecule has 0 aliphatic carbocycles. The number of para-hydroxylation sites is 1. The highest BCUT2D eigenvalue weighted by Crippen LogP contribution is 2.37. The van der Waals surface area contributed by atoms with Crippen LogP contribution in [0.3, 0.4) is 0 Å². The largest absolute Gasteiger partial charge is 0.416 e. The number of thioether (sulfide) groups is 1. The number of nitro benzene ring substituents is 1. The third kappa shape index (κ3) is 4.86. The van der Waals surface area contributed by atoms with Gasteiger partial charge in [-0.2, -0.15) is 13.2 Å². The second-order valence-corrected chi connectivity index (χ2v) is 5.88. The summed E-state index contributed by atoms with van der Waals surface area (Å²) < 4.78 is 38.2. The number of carbonyl (C=O) groups excluding carboxylic acids is 1. The van der Waals surface area contributed by atoms with Crippen molar-refractivity contribution in [1.82, 2.24) is 0 Å². The quantitative estimate of drug-likeness (QED) is 0.455. The third-order valence-corrected chi connectivity index (χ3v) is 4.14. The zero-order chi connectivity index (χ0) is 18.6. The smallest absolute Gasteiger partial charge is 0.369 e. The lowest BCUT2D eigenvalue weighted by Gasteiger charge is -2.13. The lowest BCUT2D eigenvalue weighted by molar-refractivity contribution is -0.384. The summed E-state index contributed by atoms with van der Waals surface area (Å²) >= 11 is 1.11. The highest BCUT2D eigenvalue weighted by atomic mass is 32.2. The number of nitrogens with two attached hydrogens (primary N) is 1. The molecule has 1 amide bonds. The molecule has 0 unspecified atom stereocenters. The normalized spacial score (nSPS) is 11.2. The standard InChI is InChI=1S/C15H12F3N3O3S/c16-15(17,18)9-5-6-10(12(7-9)21(23)24)20-11-3-1-2-4-13(11)25-8-14(19)22/h1-7,20H,8H2,(H2,19,22). The van der Waals surface area contributed by atoms with Gasteiger partial charge in [-0.05, 0) is 24.3 Å². The molecule has 0 aromatic heterocycles. The zero-order valence-corrected chi connectivity index (χ0v) is 13.4. The van der Waals surface area contributed by atoms with Crippen molar-refractivity contribution in [3.63, 3.8) is 0 Å². The summed E-state index contributed by atoms with van der Waals surface area (Å²) in [7, 11) is 0. The van der Waals surface area contributed by atoms with Crippen LogP contribution in [-0.4, -0.2) is 16.6 Å². The first-order valence-corrected chi connectivity index (χ1v) is 7.80. The number of halogens is 3. The summed E-state index contributed by atoms with van der Waals surface area (Å²) in [4.78, 5) is 21.7. The monoisotopic (exact) mass is 371 g/mol. The predicted octanol–water partition coefficient (Wildman–Crippen LogP) is 3.93. The van der Waals surface area contributed by atoms with Gasteiger partial charge in [0.05, 0.1) is 21.9 Å². The molecule has 132 valence electrons. The first-order valence-electron chi connectivity index (χ1n) is 6.81. The maximum absolute atomic E-state index is 12.7. The van der Waals surface area contributed by atoms with Crippen molar-refractivity contribution in [3.05, 3.63) is 58.1 Å². The third-order valence-electron chi connectivity index (χ3n) is 3.05. The van der Waals surface area contributed by atoms with Crippen molar-refractivity contribution < 1.29 is 22.9 Å². The summed E-state index contributed by atoms with van der Waals surface area (Å²) in [5, 5.41) is 13.9. The molecule has 2 rings (SSSR count). The molecule has 6 nitrogen and oxygen atoms in total. The Morgan fingerprint density at radius 1 is 1.20 bits per heavy atom. The van der Waals surface area contributed by atoms with Gasteiger partial charge in [-0.15, -0.1) is 11.8 Å². The van der Waals surface area contributed by atoms with Crippen molar-refractivity contribution >= 4 is 34.7 Å². The highest BCUT2D eigenvalue weighted by Gasteiger charge is 2.33. The second-order valence-electron chi connectivity index (χ2n) is 4.86. The number of carbonyl (C=O) groups is 1. The Labute approximate surface area is 144 Å². The molecule has 0 spiro atoms. The van der Waals surface area contributed by atoms with E-state index in [4.69, 9.17) is 5.73 Å². The molecule has 0 atom stereocenters. The Balaban J connectivity index is 2.37. The maximum Gasteiger partial charge on any atom is 0.416 e. The van der Waals surface area contributed by atoms with Crippen LogP contribution in [-0.2, 0) is 11.0 Å². The molecule has 0 bridgehead atoms. The van der Waals surface area contributed by atoms with Crippen LogP contribution in [0.2, 0.25) is 0 Å². The van der Waals surface area contributed by atoms with E-state index in [1.54, 1.807) is 24.3 Å². The molecule has 25 heavy (non-hydrogen) atoms. The minimum atomic E-state index is -4.68. The van der Waals surface area contributed by atoms with Crippen LogP contribution in [0.15, 0.2) is 47.4 Å². The van der Waals surface area contributed by atoms with Crippen molar-refractivity contribution in [1.29, 1.82) is 0 Å². The summed E-state index contributed by atoms with van der Waals surface area (Å²) in [6.45, 7) is 0. The van der Waals surface area contributed by atoms with E-state index < -0.39 is 28.3 Å². The van der Waals surface area contributed by atoms with Crippen LogP contribution in [0.1, 0.15) is 5.56 Å². The lowest BCUT2D eigenvalue weighted by atomic mass is 10.1. The number of hydrogen-bond donors (Lipinski definition) is 2. The minimum Gasteiger partial charge on any atom is -0.369 e. The van der Waals surface area contributed by atoms with E-state index in [2.05, 4.69) is 5.32 Å². The van der Waals surface area contributed by atoms with Gasteiger partial charge in [0.1, 0.15) is 5.69 Å². The number of primary amides is 1. The molecule has 2 aromatic rings. The van der Waals surface area contributed by atoms with Crippen LogP contribution < -0.4 is 11.1 Å². The number of nitrogens with zero attached hydrogens (tertiary/aromatic N) is 1. The van der Waals surface area contributed by atoms with Crippen LogP contribution >= 0.6 is 11.8 Å². The summed E-state index contributed by atoms with van der Waals surface area (Å²) in [6, 6.07) is 8.81. The molecule has 2 aromatic carbocycles. The zero-order valence-electron chi connectivity index (χ0n) is 12.5. The Hall–Kier alpha value is -2.75. The van der Waals surface area contributed by atoms with Crippen molar-refractivity contribution in [2.45, 2.75) is 11.1 Å². The average molecular weight is 371 g/mol. The van der Waals surface area contributed by atoms with Crippen LogP contribution in [0.25, 0.3) is 0 Å². The van der Waals surface area contributed by atoms with Gasteiger partial charge in [0.25, 0.3) is 5.69 Å². The number of amides is 1. The van der Waals surface area contributed by atoms with Gasteiger partial charge in [-0.3, -0.25) is 14.9 Å². The summed E-state index contributed by atoms with van der Waals surface area (Å²) in [5.74, 6) is -0.548. The van der Waals surface area contributed by atoms with Crippen LogP contribution in [0.4, 0.5) is 30.2 Å². The number of benzene rings is 2. The topological polar surface area (TPSA) is 98.3 Å². The molecular weight excluding hydrogens is 359 g/mol. The van der Waals surface area contributed by atoms with Crippen molar-refractivity contribution in [3.8, 4) is 0 Å². The Bertz CT molecular complexity index is 812. The first-order chi connectivity index (χ1) is 11.7. The molecule has 0 aliphatic rings. The van der Waals surface area contributed by atoms with Gasteiger partial charge in [0, 0.05) is 11.0 Å².